The Labute approximate surface area is 187 Å². The maximum absolute atomic E-state index is 6.03. The molecule has 0 N–H and O–H groups in total. The number of methoxy groups -OCH3 is 3. The van der Waals surface area contributed by atoms with E-state index >= 15 is 0 Å². The summed E-state index contributed by atoms with van der Waals surface area (Å²) in [6, 6.07) is 4.42. The molecule has 0 spiro atoms. The molecule has 0 saturated heterocycles. The second kappa shape index (κ2) is 9.15. The summed E-state index contributed by atoms with van der Waals surface area (Å²) in [5, 5.41) is 2.20. The number of hydrogen-bond acceptors (Lipinski definition) is 5. The van der Waals surface area contributed by atoms with E-state index in [0.29, 0.717) is 19.1 Å². The summed E-state index contributed by atoms with van der Waals surface area (Å²) in [7, 11) is 5.06. The molecule has 0 aromatic heterocycles. The van der Waals surface area contributed by atoms with Crippen molar-refractivity contribution in [1.29, 1.82) is 0 Å². The Kier molecular flexibility index (Phi) is 6.98. The molecule has 1 aliphatic heterocycles. The molecule has 0 aliphatic carbocycles. The third-order valence-corrected chi connectivity index (χ3v) is 6.25. The summed E-state index contributed by atoms with van der Waals surface area (Å²) in [5.41, 5.74) is 3.12. The molecule has 0 radical (unpaired) electrons. The topological polar surface area (TPSA) is 49.3 Å². The highest BCUT2D eigenvalue weighted by Gasteiger charge is 2.32. The van der Waals surface area contributed by atoms with Gasteiger partial charge in [0.15, 0.2) is 11.5 Å². The Balaban J connectivity index is 2.30. The summed E-state index contributed by atoms with van der Waals surface area (Å²) in [6.07, 6.45) is 1.87. The monoisotopic (exact) mass is 477 g/mol. The van der Waals surface area contributed by atoms with Crippen molar-refractivity contribution < 1.29 is 18.9 Å². The predicted molar refractivity (Wildman–Crippen MR) is 125 cm³/mol. The molecule has 0 fully saturated rings. The molecule has 5 nitrogen and oxygen atoms in total. The lowest BCUT2D eigenvalue weighted by Gasteiger charge is -2.21. The average Bonchev–Trinajstić information content (AvgIpc) is 3.19. The highest BCUT2D eigenvalue weighted by molar-refractivity contribution is 9.10. The van der Waals surface area contributed by atoms with Crippen molar-refractivity contribution in [2.24, 2.45) is 10.4 Å². The second-order valence-corrected chi connectivity index (χ2v) is 9.57. The van der Waals surface area contributed by atoms with E-state index in [9.17, 15) is 0 Å². The van der Waals surface area contributed by atoms with Crippen LogP contribution < -0.4 is 9.47 Å². The summed E-state index contributed by atoms with van der Waals surface area (Å²) in [6.45, 7) is 9.77. The SMILES string of the molecule is CCCc1c(OC)c(OC)c(COC)c2cc(Br)c(C3=N[C@@H](C(C)(C)C)CO3)cc12. The number of benzene rings is 2. The third kappa shape index (κ3) is 4.17. The molecule has 1 atom stereocenters. The Morgan fingerprint density at radius 1 is 1.07 bits per heavy atom. The van der Waals surface area contributed by atoms with Gasteiger partial charge in [0.2, 0.25) is 5.90 Å². The largest absolute Gasteiger partial charge is 0.493 e. The van der Waals surface area contributed by atoms with E-state index in [1.807, 2.05) is 0 Å². The Morgan fingerprint density at radius 3 is 2.23 bits per heavy atom. The van der Waals surface area contributed by atoms with Crippen molar-refractivity contribution in [1.82, 2.24) is 0 Å². The lowest BCUT2D eigenvalue weighted by Crippen LogP contribution is -2.25. The van der Waals surface area contributed by atoms with Crippen molar-refractivity contribution in [3.05, 3.63) is 33.3 Å². The molecule has 0 saturated carbocycles. The van der Waals surface area contributed by atoms with Crippen LogP contribution in [0.5, 0.6) is 11.5 Å². The van der Waals surface area contributed by atoms with Crippen molar-refractivity contribution >= 4 is 32.6 Å². The molecule has 2 aromatic carbocycles. The zero-order chi connectivity index (χ0) is 22.1. The first-order valence-electron chi connectivity index (χ1n) is 10.4. The van der Waals surface area contributed by atoms with E-state index < -0.39 is 0 Å². The van der Waals surface area contributed by atoms with E-state index in [-0.39, 0.29) is 11.5 Å². The molecular weight excluding hydrogens is 446 g/mol. The summed E-state index contributed by atoms with van der Waals surface area (Å²) < 4.78 is 24.1. The van der Waals surface area contributed by atoms with Crippen LogP contribution >= 0.6 is 15.9 Å². The van der Waals surface area contributed by atoms with Gasteiger partial charge in [0.1, 0.15) is 6.61 Å². The van der Waals surface area contributed by atoms with E-state index in [1.54, 1.807) is 21.3 Å². The van der Waals surface area contributed by atoms with Crippen molar-refractivity contribution in [3.8, 4) is 11.5 Å². The van der Waals surface area contributed by atoms with Gasteiger partial charge in [-0.1, -0.05) is 34.1 Å². The minimum Gasteiger partial charge on any atom is -0.493 e. The molecule has 0 unspecified atom stereocenters. The zero-order valence-electron chi connectivity index (χ0n) is 19.0. The summed E-state index contributed by atoms with van der Waals surface area (Å²) >= 11 is 3.76. The smallest absolute Gasteiger partial charge is 0.217 e. The number of hydrogen-bond donors (Lipinski definition) is 0. The van der Waals surface area contributed by atoms with E-state index in [0.717, 1.165) is 56.3 Å². The van der Waals surface area contributed by atoms with Gasteiger partial charge >= 0.3 is 0 Å². The van der Waals surface area contributed by atoms with Crippen LogP contribution in [0.3, 0.4) is 0 Å². The highest BCUT2D eigenvalue weighted by atomic mass is 79.9. The standard InChI is InChI=1S/C24H32BrNO4/c1-8-9-14-15-10-17(23-26-20(13-30-23)24(2,3)4)19(25)11-16(15)18(12-27-5)22(29-7)21(14)28-6/h10-11,20H,8-9,12-13H2,1-7H3/t20-/m1/s1. The van der Waals surface area contributed by atoms with Gasteiger partial charge in [0.05, 0.1) is 32.4 Å². The fourth-order valence-electron chi connectivity index (χ4n) is 3.94. The molecule has 0 bridgehead atoms. The molecule has 3 rings (SSSR count). The lowest BCUT2D eigenvalue weighted by molar-refractivity contribution is 0.182. The first-order valence-corrected chi connectivity index (χ1v) is 11.1. The Morgan fingerprint density at radius 2 is 1.70 bits per heavy atom. The molecule has 30 heavy (non-hydrogen) atoms. The van der Waals surface area contributed by atoms with E-state index in [4.69, 9.17) is 23.9 Å². The summed E-state index contributed by atoms with van der Waals surface area (Å²) in [5.74, 6) is 2.19. The Hall–Kier alpha value is -1.79. The number of nitrogens with zero attached hydrogens (tertiary/aromatic N) is 1. The minimum atomic E-state index is 0.0562. The average molecular weight is 478 g/mol. The van der Waals surface area contributed by atoms with Crippen molar-refractivity contribution in [2.45, 2.75) is 53.2 Å². The molecule has 6 heteroatoms. The zero-order valence-corrected chi connectivity index (χ0v) is 20.6. The molecule has 2 aromatic rings. The third-order valence-electron chi connectivity index (χ3n) is 5.59. The number of fused-ring (bicyclic) bond motifs is 1. The molecule has 0 amide bonds. The quantitative estimate of drug-likeness (QED) is 0.497. The van der Waals surface area contributed by atoms with Crippen molar-refractivity contribution in [3.63, 3.8) is 0 Å². The van der Waals surface area contributed by atoms with Crippen LogP contribution in [0.4, 0.5) is 0 Å². The van der Waals surface area contributed by atoms with E-state index in [2.05, 4.69) is 55.8 Å². The van der Waals surface area contributed by atoms with Gasteiger partial charge in [-0.2, -0.15) is 0 Å². The maximum atomic E-state index is 6.03. The first-order chi connectivity index (χ1) is 14.3. The normalized spacial score (nSPS) is 16.5. The van der Waals surface area contributed by atoms with Crippen LogP contribution in [-0.4, -0.2) is 39.9 Å². The predicted octanol–water partition coefficient (Wildman–Crippen LogP) is 5.91. The van der Waals surface area contributed by atoms with Gasteiger partial charge in [-0.05, 0) is 50.7 Å². The highest BCUT2D eigenvalue weighted by Crippen LogP contribution is 2.44. The number of halogens is 1. The van der Waals surface area contributed by atoms with Crippen LogP contribution in [0.1, 0.15) is 50.8 Å². The van der Waals surface area contributed by atoms with Crippen LogP contribution in [0, 0.1) is 5.41 Å². The van der Waals surface area contributed by atoms with Gasteiger partial charge < -0.3 is 18.9 Å². The maximum Gasteiger partial charge on any atom is 0.217 e. The van der Waals surface area contributed by atoms with Crippen LogP contribution in [0.15, 0.2) is 21.6 Å². The lowest BCUT2D eigenvalue weighted by atomic mass is 9.88. The van der Waals surface area contributed by atoms with Crippen LogP contribution in [-0.2, 0) is 22.5 Å². The molecule has 1 heterocycles. The minimum absolute atomic E-state index is 0.0562. The van der Waals surface area contributed by atoms with Gasteiger partial charge in [-0.25, -0.2) is 4.99 Å². The van der Waals surface area contributed by atoms with Gasteiger partial charge in [0, 0.05) is 22.7 Å². The van der Waals surface area contributed by atoms with Crippen LogP contribution in [0.2, 0.25) is 0 Å². The first kappa shape index (κ1) is 22.9. The van der Waals surface area contributed by atoms with Gasteiger partial charge in [0.25, 0.3) is 0 Å². The number of ether oxygens (including phenoxy) is 4. The van der Waals surface area contributed by atoms with Crippen molar-refractivity contribution in [2.75, 3.05) is 27.9 Å². The second-order valence-electron chi connectivity index (χ2n) is 8.71. The van der Waals surface area contributed by atoms with Gasteiger partial charge in [-0.3, -0.25) is 0 Å². The molecule has 1 aliphatic rings. The Bertz CT molecular complexity index is 962. The van der Waals surface area contributed by atoms with Crippen LogP contribution in [0.25, 0.3) is 10.8 Å². The van der Waals surface area contributed by atoms with Gasteiger partial charge in [-0.15, -0.1) is 0 Å². The number of aryl methyl sites for hydroxylation is 1. The number of rotatable bonds is 7. The van der Waals surface area contributed by atoms with E-state index in [1.165, 1.54) is 0 Å². The molecular formula is C24H32BrNO4. The fourth-order valence-corrected chi connectivity index (χ4v) is 4.45. The number of aliphatic imine (C=N–C) groups is 1. The fraction of sp³-hybridized carbons (Fsp3) is 0.542. The molecule has 164 valence electrons. The summed E-state index contributed by atoms with van der Waals surface area (Å²) in [4.78, 5) is 4.89.